The molecule has 3 nitrogen and oxygen atoms in total. The van der Waals surface area contributed by atoms with Crippen LogP contribution in [0.15, 0.2) is 24.3 Å². The average molecular weight is 207 g/mol. The van der Waals surface area contributed by atoms with Crippen molar-refractivity contribution >= 4 is 0 Å². The van der Waals surface area contributed by atoms with Crippen LogP contribution in [0.5, 0.6) is 5.75 Å². The zero-order valence-corrected chi connectivity index (χ0v) is 8.98. The van der Waals surface area contributed by atoms with Gasteiger partial charge in [0, 0.05) is 13.1 Å². The van der Waals surface area contributed by atoms with Gasteiger partial charge >= 0.3 is 0 Å². The molecule has 0 radical (unpaired) electrons. The molecule has 0 saturated carbocycles. The minimum absolute atomic E-state index is 0.246. The molecule has 0 aromatic heterocycles. The second kappa shape index (κ2) is 3.83. The van der Waals surface area contributed by atoms with Gasteiger partial charge in [-0.3, -0.25) is 0 Å². The molecule has 1 aromatic carbocycles. The van der Waals surface area contributed by atoms with Gasteiger partial charge in [0.05, 0.1) is 5.60 Å². The predicted octanol–water partition coefficient (Wildman–Crippen LogP) is 1.31. The molecule has 0 amide bonds. The molecule has 3 heteroatoms. The molecule has 1 heterocycles. The van der Waals surface area contributed by atoms with Gasteiger partial charge in [0.25, 0.3) is 0 Å². The van der Waals surface area contributed by atoms with Crippen molar-refractivity contribution in [3.63, 3.8) is 0 Å². The van der Waals surface area contributed by atoms with Crippen LogP contribution in [0.4, 0.5) is 0 Å². The summed E-state index contributed by atoms with van der Waals surface area (Å²) in [4.78, 5) is 2.22. The van der Waals surface area contributed by atoms with Crippen LogP contribution < -0.4 is 0 Å². The van der Waals surface area contributed by atoms with E-state index in [1.807, 2.05) is 0 Å². The number of aliphatic hydroxyl groups is 1. The topological polar surface area (TPSA) is 43.7 Å². The monoisotopic (exact) mass is 207 g/mol. The summed E-state index contributed by atoms with van der Waals surface area (Å²) in [5.74, 6) is 0.246. The molecule has 0 atom stereocenters. The molecule has 0 aliphatic carbocycles. The van der Waals surface area contributed by atoms with E-state index in [1.165, 1.54) is 0 Å². The number of phenols is 1. The van der Waals surface area contributed by atoms with Crippen molar-refractivity contribution in [3.8, 4) is 5.75 Å². The van der Waals surface area contributed by atoms with Gasteiger partial charge in [-0.1, -0.05) is 12.1 Å². The van der Waals surface area contributed by atoms with Crippen molar-refractivity contribution in [2.24, 2.45) is 0 Å². The lowest BCUT2D eigenvalue weighted by Crippen LogP contribution is -2.40. The van der Waals surface area contributed by atoms with E-state index < -0.39 is 5.60 Å². The molecular formula is C12H17NO2. The number of nitrogens with zero attached hydrogens (tertiary/aromatic N) is 1. The molecular weight excluding hydrogens is 190 g/mol. The Morgan fingerprint density at radius 3 is 2.20 bits per heavy atom. The third-order valence-corrected chi connectivity index (χ3v) is 3.22. The standard InChI is InChI=1S/C12H17NO2/c1-13-8-6-12(15,7-9-13)10-2-4-11(14)5-3-10/h2-5,14-15H,6-9H2,1H3. The lowest BCUT2D eigenvalue weighted by Gasteiger charge is -2.36. The highest BCUT2D eigenvalue weighted by atomic mass is 16.3. The third-order valence-electron chi connectivity index (χ3n) is 3.22. The largest absolute Gasteiger partial charge is 0.508 e. The van der Waals surface area contributed by atoms with E-state index >= 15 is 0 Å². The molecule has 15 heavy (non-hydrogen) atoms. The predicted molar refractivity (Wildman–Crippen MR) is 58.7 cm³/mol. The fraction of sp³-hybridized carbons (Fsp3) is 0.500. The number of hydrogen-bond donors (Lipinski definition) is 2. The molecule has 82 valence electrons. The van der Waals surface area contributed by atoms with Crippen LogP contribution in [0.2, 0.25) is 0 Å². The first-order valence-electron chi connectivity index (χ1n) is 5.31. The normalized spacial score (nSPS) is 21.5. The van der Waals surface area contributed by atoms with E-state index in [-0.39, 0.29) is 5.75 Å². The van der Waals surface area contributed by atoms with Gasteiger partial charge in [-0.15, -0.1) is 0 Å². The molecule has 0 bridgehead atoms. The Hall–Kier alpha value is -1.06. The maximum absolute atomic E-state index is 10.4. The SMILES string of the molecule is CN1CCC(O)(c2ccc(O)cc2)CC1. The van der Waals surface area contributed by atoms with Crippen molar-refractivity contribution < 1.29 is 10.2 Å². The molecule has 0 unspecified atom stereocenters. The molecule has 1 fully saturated rings. The summed E-state index contributed by atoms with van der Waals surface area (Å²) in [6.45, 7) is 1.83. The highest BCUT2D eigenvalue weighted by molar-refractivity contribution is 5.30. The number of likely N-dealkylation sites (tertiary alicyclic amines) is 1. The molecule has 1 aliphatic rings. The molecule has 2 N–H and O–H groups in total. The number of hydrogen-bond acceptors (Lipinski definition) is 3. The van der Waals surface area contributed by atoms with E-state index in [9.17, 15) is 10.2 Å². The Morgan fingerprint density at radius 1 is 1.13 bits per heavy atom. The minimum atomic E-state index is -0.708. The Labute approximate surface area is 90.0 Å². The molecule has 1 aliphatic heterocycles. The summed E-state index contributed by atoms with van der Waals surface area (Å²) in [6.07, 6.45) is 1.52. The maximum atomic E-state index is 10.4. The van der Waals surface area contributed by atoms with Crippen LogP contribution in [0.1, 0.15) is 18.4 Å². The second-order valence-corrected chi connectivity index (χ2v) is 4.38. The molecule has 2 rings (SSSR count). The van der Waals surface area contributed by atoms with Crippen molar-refractivity contribution in [1.29, 1.82) is 0 Å². The Balaban J connectivity index is 2.18. The number of rotatable bonds is 1. The van der Waals surface area contributed by atoms with Crippen molar-refractivity contribution in [2.75, 3.05) is 20.1 Å². The Kier molecular flexibility index (Phi) is 2.67. The summed E-state index contributed by atoms with van der Waals surface area (Å²) in [7, 11) is 2.07. The number of aromatic hydroxyl groups is 1. The summed E-state index contributed by atoms with van der Waals surface area (Å²) in [5, 5.41) is 19.6. The first-order chi connectivity index (χ1) is 7.10. The summed E-state index contributed by atoms with van der Waals surface area (Å²) >= 11 is 0. The third kappa shape index (κ3) is 2.13. The highest BCUT2D eigenvalue weighted by Crippen LogP contribution is 2.32. The van der Waals surface area contributed by atoms with Gasteiger partial charge in [0.2, 0.25) is 0 Å². The highest BCUT2D eigenvalue weighted by Gasteiger charge is 2.32. The number of phenolic OH excluding ortho intramolecular Hbond substituents is 1. The lowest BCUT2D eigenvalue weighted by molar-refractivity contribution is -0.0203. The fourth-order valence-corrected chi connectivity index (χ4v) is 2.05. The van der Waals surface area contributed by atoms with Crippen LogP contribution >= 0.6 is 0 Å². The summed E-state index contributed by atoms with van der Waals surface area (Å²) < 4.78 is 0. The van der Waals surface area contributed by atoms with Crippen LogP contribution in [-0.4, -0.2) is 35.3 Å². The summed E-state index contributed by atoms with van der Waals surface area (Å²) in [5.41, 5.74) is 0.202. The number of piperidine rings is 1. The fourth-order valence-electron chi connectivity index (χ4n) is 2.05. The average Bonchev–Trinajstić information content (AvgIpc) is 2.24. The maximum Gasteiger partial charge on any atom is 0.115 e. The van der Waals surface area contributed by atoms with E-state index in [4.69, 9.17) is 0 Å². The molecule has 0 spiro atoms. The first kappa shape index (κ1) is 10.5. The minimum Gasteiger partial charge on any atom is -0.508 e. The van der Waals surface area contributed by atoms with Crippen molar-refractivity contribution in [1.82, 2.24) is 4.90 Å². The van der Waals surface area contributed by atoms with Crippen LogP contribution in [-0.2, 0) is 5.60 Å². The van der Waals surface area contributed by atoms with Crippen molar-refractivity contribution in [3.05, 3.63) is 29.8 Å². The zero-order valence-electron chi connectivity index (χ0n) is 8.98. The quantitative estimate of drug-likeness (QED) is 0.729. The summed E-state index contributed by atoms with van der Waals surface area (Å²) in [6, 6.07) is 6.87. The van der Waals surface area contributed by atoms with Gasteiger partial charge < -0.3 is 15.1 Å². The van der Waals surface area contributed by atoms with Gasteiger partial charge in [-0.25, -0.2) is 0 Å². The van der Waals surface area contributed by atoms with Gasteiger partial charge in [-0.2, -0.15) is 0 Å². The van der Waals surface area contributed by atoms with Gasteiger partial charge in [0.1, 0.15) is 5.75 Å². The van der Waals surface area contributed by atoms with E-state index in [2.05, 4.69) is 11.9 Å². The van der Waals surface area contributed by atoms with Gasteiger partial charge in [0.15, 0.2) is 0 Å². The van der Waals surface area contributed by atoms with E-state index in [0.717, 1.165) is 31.5 Å². The van der Waals surface area contributed by atoms with Crippen LogP contribution in [0.3, 0.4) is 0 Å². The number of benzene rings is 1. The molecule has 1 saturated heterocycles. The van der Waals surface area contributed by atoms with E-state index in [0.29, 0.717) is 0 Å². The smallest absolute Gasteiger partial charge is 0.115 e. The Morgan fingerprint density at radius 2 is 1.67 bits per heavy atom. The van der Waals surface area contributed by atoms with E-state index in [1.54, 1.807) is 24.3 Å². The second-order valence-electron chi connectivity index (χ2n) is 4.38. The van der Waals surface area contributed by atoms with Crippen LogP contribution in [0.25, 0.3) is 0 Å². The zero-order chi connectivity index (χ0) is 10.9. The van der Waals surface area contributed by atoms with Gasteiger partial charge in [-0.05, 0) is 37.6 Å². The molecule has 1 aromatic rings. The Bertz CT molecular complexity index is 326. The first-order valence-corrected chi connectivity index (χ1v) is 5.31. The van der Waals surface area contributed by atoms with Crippen molar-refractivity contribution in [2.45, 2.75) is 18.4 Å². The lowest BCUT2D eigenvalue weighted by atomic mass is 9.84. The van der Waals surface area contributed by atoms with Crippen LogP contribution in [0, 0.1) is 0 Å².